The molecule has 0 unspecified atom stereocenters. The molecule has 0 bridgehead atoms. The Hall–Kier alpha value is -1.69. The Bertz CT molecular complexity index is 330. The highest BCUT2D eigenvalue weighted by molar-refractivity contribution is 6.06. The quantitative estimate of drug-likeness (QED) is 0.191. The van der Waals surface area contributed by atoms with Crippen molar-refractivity contribution in [2.45, 2.75) is 32.2 Å². The Balaban J connectivity index is 4.25. The Kier molecular flexibility index (Phi) is 6.12. The van der Waals surface area contributed by atoms with Crippen LogP contribution in [-0.4, -0.2) is 34.8 Å². The number of nitrogens with zero attached hydrogens (tertiary/aromatic N) is 1. The molecule has 0 amide bonds. The van der Waals surface area contributed by atoms with Gasteiger partial charge in [-0.05, 0) is 20.3 Å². The van der Waals surface area contributed by atoms with Gasteiger partial charge in [-0.25, -0.2) is 4.79 Å². The first kappa shape index (κ1) is 15.3. The minimum atomic E-state index is -1.83. The van der Waals surface area contributed by atoms with E-state index in [4.69, 9.17) is 16.6 Å². The van der Waals surface area contributed by atoms with E-state index in [0.29, 0.717) is 18.8 Å². The number of carboxylic acids is 1. The summed E-state index contributed by atoms with van der Waals surface area (Å²) in [5.41, 5.74) is 9.01. The van der Waals surface area contributed by atoms with Crippen LogP contribution in [-0.2, 0) is 9.59 Å². The Morgan fingerprint density at radius 2 is 1.94 bits per heavy atom. The molecule has 0 aliphatic heterocycles. The molecule has 0 aliphatic rings. The van der Waals surface area contributed by atoms with Crippen molar-refractivity contribution in [3.8, 4) is 0 Å². The molecule has 0 saturated heterocycles. The number of rotatable bonds is 7. The van der Waals surface area contributed by atoms with Gasteiger partial charge in [0.05, 0.1) is 5.84 Å². The lowest BCUT2D eigenvalue weighted by atomic mass is 9.92. The van der Waals surface area contributed by atoms with E-state index < -0.39 is 17.3 Å². The Morgan fingerprint density at radius 3 is 2.35 bits per heavy atom. The molecule has 0 saturated carbocycles. The minimum absolute atomic E-state index is 0.0248. The van der Waals surface area contributed by atoms with Crippen LogP contribution >= 0.6 is 0 Å². The number of carbonyl (C=O) groups excluding carboxylic acids is 1. The molecule has 0 rings (SSSR count). The fourth-order valence-electron chi connectivity index (χ4n) is 1.08. The largest absolute Gasteiger partial charge is 0.480 e. The molecule has 6 heteroatoms. The van der Waals surface area contributed by atoms with Crippen molar-refractivity contribution >= 4 is 17.6 Å². The second-order valence-corrected chi connectivity index (χ2v) is 3.82. The van der Waals surface area contributed by atoms with Crippen molar-refractivity contribution in [2.75, 3.05) is 6.54 Å². The maximum absolute atomic E-state index is 11.1. The second-order valence-electron chi connectivity index (χ2n) is 3.82. The van der Waals surface area contributed by atoms with Crippen molar-refractivity contribution in [2.24, 2.45) is 16.5 Å². The Labute approximate surface area is 100 Å². The highest BCUT2D eigenvalue weighted by atomic mass is 16.4. The lowest BCUT2D eigenvalue weighted by molar-refractivity contribution is -0.147. The molecule has 6 nitrogen and oxygen atoms in total. The third-order valence-electron chi connectivity index (χ3n) is 2.27. The van der Waals surface area contributed by atoms with Gasteiger partial charge >= 0.3 is 5.97 Å². The zero-order valence-electron chi connectivity index (χ0n) is 10.1. The monoisotopic (exact) mass is 241 g/mol. The highest BCUT2D eigenvalue weighted by Gasteiger charge is 2.37. The number of carboxylic acid groups (broad SMARTS) is 1. The van der Waals surface area contributed by atoms with Crippen LogP contribution in [0.25, 0.3) is 0 Å². The molecule has 1 atom stereocenters. The predicted octanol–water partition coefficient (Wildman–Crippen LogP) is 0.0710. The number of Topliss-reactive ketones (excluding diaryl/α,β-unsaturated/α-hetero) is 1. The van der Waals surface area contributed by atoms with Crippen molar-refractivity contribution in [1.82, 2.24) is 0 Å². The summed E-state index contributed by atoms with van der Waals surface area (Å²) in [6.45, 7) is 3.39. The van der Waals surface area contributed by atoms with Crippen LogP contribution in [0.1, 0.15) is 26.7 Å². The molecule has 0 aliphatic carbocycles. The summed E-state index contributed by atoms with van der Waals surface area (Å²) in [4.78, 5) is 25.9. The number of hydrogen-bond acceptors (Lipinski definition) is 4. The van der Waals surface area contributed by atoms with Gasteiger partial charge in [-0.2, -0.15) is 0 Å². The van der Waals surface area contributed by atoms with Crippen molar-refractivity contribution < 1.29 is 14.7 Å². The molecule has 96 valence electrons. The van der Waals surface area contributed by atoms with Gasteiger partial charge in [-0.3, -0.25) is 9.79 Å². The smallest absolute Gasteiger partial charge is 0.331 e. The normalized spacial score (nSPS) is 15.8. The molecular weight excluding hydrogens is 222 g/mol. The number of hydrogen-bond donors (Lipinski definition) is 3. The first-order valence-electron chi connectivity index (χ1n) is 5.25. The van der Waals surface area contributed by atoms with E-state index in [1.54, 1.807) is 19.1 Å². The zero-order valence-corrected chi connectivity index (χ0v) is 10.1. The maximum Gasteiger partial charge on any atom is 0.331 e. The Morgan fingerprint density at radius 1 is 1.35 bits per heavy atom. The van der Waals surface area contributed by atoms with Gasteiger partial charge in [0.1, 0.15) is 0 Å². The van der Waals surface area contributed by atoms with Gasteiger partial charge in [0.15, 0.2) is 11.3 Å². The molecule has 0 aromatic heterocycles. The maximum atomic E-state index is 11.1. The first-order chi connectivity index (χ1) is 7.80. The lowest BCUT2D eigenvalue weighted by Gasteiger charge is -2.19. The van der Waals surface area contributed by atoms with Crippen molar-refractivity contribution in [1.29, 1.82) is 0 Å². The van der Waals surface area contributed by atoms with E-state index in [0.717, 1.165) is 0 Å². The van der Waals surface area contributed by atoms with Crippen LogP contribution in [0.15, 0.2) is 17.1 Å². The molecule has 0 aromatic carbocycles. The average Bonchev–Trinajstić information content (AvgIpc) is 2.21. The number of aliphatic imine (C=N–C) groups is 1. The molecule has 0 aromatic rings. The molecule has 17 heavy (non-hydrogen) atoms. The van der Waals surface area contributed by atoms with E-state index in [9.17, 15) is 9.59 Å². The fraction of sp³-hybridized carbons (Fsp3) is 0.545. The van der Waals surface area contributed by atoms with E-state index >= 15 is 0 Å². The van der Waals surface area contributed by atoms with Gasteiger partial charge in [-0.15, -0.1) is 0 Å². The average molecular weight is 241 g/mol. The summed E-state index contributed by atoms with van der Waals surface area (Å²) in [7, 11) is 0. The molecular formula is C11H19N3O3. The van der Waals surface area contributed by atoms with Gasteiger partial charge in [0.25, 0.3) is 0 Å². The second kappa shape index (κ2) is 6.80. The van der Waals surface area contributed by atoms with E-state index in [2.05, 4.69) is 4.99 Å². The predicted molar refractivity (Wildman–Crippen MR) is 65.8 cm³/mol. The summed E-state index contributed by atoms with van der Waals surface area (Å²) >= 11 is 0. The van der Waals surface area contributed by atoms with Gasteiger partial charge in [-0.1, -0.05) is 12.2 Å². The third kappa shape index (κ3) is 5.26. The molecule has 0 radical (unpaired) electrons. The number of nitrogens with two attached hydrogens (primary N) is 2. The lowest BCUT2D eigenvalue weighted by Crippen LogP contribution is -2.53. The first-order valence-corrected chi connectivity index (χ1v) is 5.25. The number of ketones is 1. The van der Waals surface area contributed by atoms with Crippen molar-refractivity contribution in [3.63, 3.8) is 0 Å². The molecule has 0 fully saturated rings. The van der Waals surface area contributed by atoms with Crippen LogP contribution in [0.4, 0.5) is 0 Å². The molecule has 0 spiro atoms. The fourth-order valence-corrected chi connectivity index (χ4v) is 1.08. The van der Waals surface area contributed by atoms with E-state index in [1.165, 1.54) is 6.92 Å². The van der Waals surface area contributed by atoms with Crippen LogP contribution in [0.5, 0.6) is 0 Å². The summed E-state index contributed by atoms with van der Waals surface area (Å²) in [6.07, 6.45) is 3.92. The van der Waals surface area contributed by atoms with Crippen LogP contribution in [0.3, 0.4) is 0 Å². The van der Waals surface area contributed by atoms with E-state index in [1.807, 2.05) is 0 Å². The topological polar surface area (TPSA) is 119 Å². The zero-order chi connectivity index (χ0) is 13.5. The number of aliphatic carboxylic acids is 1. The van der Waals surface area contributed by atoms with Gasteiger partial charge in [0, 0.05) is 13.0 Å². The summed E-state index contributed by atoms with van der Waals surface area (Å²) in [6, 6.07) is 0. The SMILES string of the molecule is CC(=O)[C@@](N)(C/C=C\CCN=C(C)N)C(=O)O. The van der Waals surface area contributed by atoms with Gasteiger partial charge < -0.3 is 16.6 Å². The highest BCUT2D eigenvalue weighted by Crippen LogP contribution is 2.10. The molecule has 0 heterocycles. The van der Waals surface area contributed by atoms with Crippen LogP contribution < -0.4 is 11.5 Å². The number of amidine groups is 1. The van der Waals surface area contributed by atoms with Crippen molar-refractivity contribution in [3.05, 3.63) is 12.2 Å². The summed E-state index contributed by atoms with van der Waals surface area (Å²) in [5, 5.41) is 8.86. The third-order valence-corrected chi connectivity index (χ3v) is 2.27. The van der Waals surface area contributed by atoms with Crippen LogP contribution in [0, 0.1) is 0 Å². The standard InChI is InChI=1S/C11H19N3O3/c1-8(15)11(13,10(16)17)6-4-3-5-7-14-9(2)12/h3-4H,5-7,13H2,1-2H3,(H2,12,14)(H,16,17)/b4-3-/t11-/m0/s1. The van der Waals surface area contributed by atoms with E-state index in [-0.39, 0.29) is 6.42 Å². The summed E-state index contributed by atoms with van der Waals surface area (Å²) < 4.78 is 0. The number of carbonyl (C=O) groups is 2. The minimum Gasteiger partial charge on any atom is -0.480 e. The van der Waals surface area contributed by atoms with Crippen LogP contribution in [0.2, 0.25) is 0 Å². The van der Waals surface area contributed by atoms with Gasteiger partial charge in [0.2, 0.25) is 0 Å². The summed E-state index contributed by atoms with van der Waals surface area (Å²) in [5.74, 6) is -1.38. The molecule has 5 N–H and O–H groups in total.